The molecule has 1 aliphatic heterocycles. The van der Waals surface area contributed by atoms with Crippen LogP contribution in [0, 0.1) is 6.42 Å². The van der Waals surface area contributed by atoms with Crippen LogP contribution in [0.25, 0.3) is 0 Å². The van der Waals surface area contributed by atoms with Gasteiger partial charge in [0.2, 0.25) is 0 Å². The standard InChI is InChI=1S/C11H16NO2/c1-13-11-4-2-3-10(9-11)12-5-7-14-8-6-12/h3-4,9H,2,5-8H2,1H3. The predicted octanol–water partition coefficient (Wildman–Crippen LogP) is 1.34. The van der Waals surface area contributed by atoms with E-state index in [4.69, 9.17) is 9.47 Å². The molecule has 2 rings (SSSR count). The molecule has 0 bridgehead atoms. The Kier molecular flexibility index (Phi) is 3.09. The molecule has 1 heterocycles. The molecular formula is C11H16NO2. The normalized spacial score (nSPS) is 22.8. The Bertz CT molecular complexity index is 252. The molecule has 3 nitrogen and oxygen atoms in total. The van der Waals surface area contributed by atoms with Gasteiger partial charge in [-0.25, -0.2) is 0 Å². The van der Waals surface area contributed by atoms with Crippen LogP contribution in [0.2, 0.25) is 0 Å². The van der Waals surface area contributed by atoms with E-state index in [2.05, 4.69) is 23.5 Å². The molecule has 0 saturated carbocycles. The van der Waals surface area contributed by atoms with Gasteiger partial charge in [0.15, 0.2) is 0 Å². The highest BCUT2D eigenvalue weighted by Crippen LogP contribution is 2.20. The van der Waals surface area contributed by atoms with Gasteiger partial charge >= 0.3 is 0 Å². The SMILES string of the molecule is COC1=CC(N2CCOCC2)=CC[CH]1. The largest absolute Gasteiger partial charge is 0.501 e. The van der Waals surface area contributed by atoms with Crippen LogP contribution in [0.5, 0.6) is 0 Å². The van der Waals surface area contributed by atoms with Crippen LogP contribution in [0.15, 0.2) is 23.6 Å². The van der Waals surface area contributed by atoms with Gasteiger partial charge in [-0.2, -0.15) is 0 Å². The van der Waals surface area contributed by atoms with Crippen molar-refractivity contribution >= 4 is 0 Å². The molecule has 0 aromatic heterocycles. The first-order chi connectivity index (χ1) is 6.90. The van der Waals surface area contributed by atoms with Gasteiger partial charge in [-0.05, 0) is 12.5 Å². The third-order valence-electron chi connectivity index (χ3n) is 2.55. The zero-order chi connectivity index (χ0) is 9.80. The molecule has 0 aromatic rings. The van der Waals surface area contributed by atoms with Crippen molar-refractivity contribution in [3.63, 3.8) is 0 Å². The van der Waals surface area contributed by atoms with E-state index in [1.54, 1.807) is 7.11 Å². The number of morpholine rings is 1. The molecule has 1 aliphatic carbocycles. The molecule has 3 heteroatoms. The molecule has 2 aliphatic rings. The van der Waals surface area contributed by atoms with Gasteiger partial charge in [0.05, 0.1) is 20.3 Å². The van der Waals surface area contributed by atoms with Crippen LogP contribution in [0.4, 0.5) is 0 Å². The lowest BCUT2D eigenvalue weighted by Gasteiger charge is -2.31. The van der Waals surface area contributed by atoms with Crippen LogP contribution in [0.1, 0.15) is 6.42 Å². The maximum atomic E-state index is 5.32. The van der Waals surface area contributed by atoms with E-state index in [-0.39, 0.29) is 0 Å². The summed E-state index contributed by atoms with van der Waals surface area (Å²) in [4.78, 5) is 2.34. The molecule has 1 radical (unpaired) electrons. The number of hydrogen-bond acceptors (Lipinski definition) is 3. The van der Waals surface area contributed by atoms with E-state index in [9.17, 15) is 0 Å². The number of methoxy groups -OCH3 is 1. The van der Waals surface area contributed by atoms with E-state index in [1.165, 1.54) is 5.70 Å². The molecule has 0 amide bonds. The average molecular weight is 194 g/mol. The van der Waals surface area contributed by atoms with Crippen LogP contribution in [-0.2, 0) is 9.47 Å². The Balaban J connectivity index is 2.02. The third-order valence-corrected chi connectivity index (χ3v) is 2.55. The minimum Gasteiger partial charge on any atom is -0.501 e. The van der Waals surface area contributed by atoms with E-state index in [0.717, 1.165) is 38.5 Å². The lowest BCUT2D eigenvalue weighted by molar-refractivity contribution is 0.0549. The molecule has 1 fully saturated rings. The fourth-order valence-electron chi connectivity index (χ4n) is 1.74. The minimum absolute atomic E-state index is 0.831. The molecule has 77 valence electrons. The topological polar surface area (TPSA) is 21.7 Å². The van der Waals surface area contributed by atoms with E-state index in [0.29, 0.717) is 0 Å². The van der Waals surface area contributed by atoms with Crippen LogP contribution in [-0.4, -0.2) is 38.3 Å². The van der Waals surface area contributed by atoms with Gasteiger partial charge in [0.1, 0.15) is 5.76 Å². The first-order valence-electron chi connectivity index (χ1n) is 5.02. The zero-order valence-electron chi connectivity index (χ0n) is 8.53. The number of allylic oxidation sites excluding steroid dienone is 3. The zero-order valence-corrected chi connectivity index (χ0v) is 8.53. The van der Waals surface area contributed by atoms with E-state index >= 15 is 0 Å². The highest BCUT2D eigenvalue weighted by Gasteiger charge is 2.15. The summed E-state index contributed by atoms with van der Waals surface area (Å²) in [5.41, 5.74) is 1.27. The predicted molar refractivity (Wildman–Crippen MR) is 54.5 cm³/mol. The van der Waals surface area contributed by atoms with Gasteiger partial charge < -0.3 is 14.4 Å². The number of nitrogens with zero attached hydrogens (tertiary/aromatic N) is 1. The summed E-state index contributed by atoms with van der Waals surface area (Å²) in [5.74, 6) is 0.967. The second-order valence-electron chi connectivity index (χ2n) is 3.42. The molecule has 0 aromatic carbocycles. The van der Waals surface area contributed by atoms with Crippen molar-refractivity contribution in [1.29, 1.82) is 0 Å². The van der Waals surface area contributed by atoms with Crippen LogP contribution >= 0.6 is 0 Å². The Morgan fingerprint density at radius 2 is 2.14 bits per heavy atom. The molecule has 0 spiro atoms. The quantitative estimate of drug-likeness (QED) is 0.662. The molecule has 1 saturated heterocycles. The molecule has 0 N–H and O–H groups in total. The molecule has 0 atom stereocenters. The van der Waals surface area contributed by atoms with Crippen molar-refractivity contribution in [1.82, 2.24) is 4.90 Å². The lowest BCUT2D eigenvalue weighted by atomic mass is 10.1. The van der Waals surface area contributed by atoms with Crippen molar-refractivity contribution in [3.05, 3.63) is 30.0 Å². The van der Waals surface area contributed by atoms with Crippen LogP contribution < -0.4 is 0 Å². The Morgan fingerprint density at radius 3 is 2.86 bits per heavy atom. The summed E-state index contributed by atoms with van der Waals surface area (Å²) in [7, 11) is 1.71. The fourth-order valence-corrected chi connectivity index (χ4v) is 1.74. The minimum atomic E-state index is 0.831. The molecule has 0 unspecified atom stereocenters. The highest BCUT2D eigenvalue weighted by atomic mass is 16.5. The van der Waals surface area contributed by atoms with E-state index in [1.807, 2.05) is 0 Å². The monoisotopic (exact) mass is 194 g/mol. The van der Waals surface area contributed by atoms with Crippen LogP contribution in [0.3, 0.4) is 0 Å². The highest BCUT2D eigenvalue weighted by molar-refractivity contribution is 5.29. The van der Waals surface area contributed by atoms with Gasteiger partial charge in [-0.15, -0.1) is 0 Å². The van der Waals surface area contributed by atoms with Crippen molar-refractivity contribution < 1.29 is 9.47 Å². The summed E-state index contributed by atoms with van der Waals surface area (Å²) in [6, 6.07) is 0. The average Bonchev–Trinajstić information content (AvgIpc) is 2.30. The summed E-state index contributed by atoms with van der Waals surface area (Å²) >= 11 is 0. The lowest BCUT2D eigenvalue weighted by Crippen LogP contribution is -2.35. The van der Waals surface area contributed by atoms with Crippen molar-refractivity contribution in [2.24, 2.45) is 0 Å². The number of hydrogen-bond donors (Lipinski definition) is 0. The summed E-state index contributed by atoms with van der Waals surface area (Å²) in [5, 5.41) is 0. The second-order valence-corrected chi connectivity index (χ2v) is 3.42. The van der Waals surface area contributed by atoms with Crippen molar-refractivity contribution in [2.75, 3.05) is 33.4 Å². The Hall–Kier alpha value is -0.960. The van der Waals surface area contributed by atoms with Crippen molar-refractivity contribution in [2.45, 2.75) is 6.42 Å². The third kappa shape index (κ3) is 2.10. The summed E-state index contributed by atoms with van der Waals surface area (Å²) in [6.45, 7) is 3.63. The second kappa shape index (κ2) is 4.51. The van der Waals surface area contributed by atoms with Gasteiger partial charge in [0, 0.05) is 25.2 Å². The molecular weight excluding hydrogens is 178 g/mol. The van der Waals surface area contributed by atoms with E-state index < -0.39 is 0 Å². The van der Waals surface area contributed by atoms with Gasteiger partial charge in [-0.1, -0.05) is 6.08 Å². The first-order valence-corrected chi connectivity index (χ1v) is 5.02. The number of ether oxygens (including phenoxy) is 2. The maximum Gasteiger partial charge on any atom is 0.102 e. The fraction of sp³-hybridized carbons (Fsp3) is 0.545. The first kappa shape index (κ1) is 9.59. The summed E-state index contributed by atoms with van der Waals surface area (Å²) in [6.07, 6.45) is 7.37. The molecule has 14 heavy (non-hydrogen) atoms. The Morgan fingerprint density at radius 1 is 1.36 bits per heavy atom. The van der Waals surface area contributed by atoms with Crippen molar-refractivity contribution in [3.8, 4) is 0 Å². The maximum absolute atomic E-state index is 5.32. The Labute approximate surface area is 85.0 Å². The summed E-state index contributed by atoms with van der Waals surface area (Å²) < 4.78 is 10.5. The van der Waals surface area contributed by atoms with Gasteiger partial charge in [0.25, 0.3) is 0 Å². The van der Waals surface area contributed by atoms with Gasteiger partial charge in [-0.3, -0.25) is 0 Å². The number of rotatable bonds is 2. The smallest absolute Gasteiger partial charge is 0.102 e.